The van der Waals surface area contributed by atoms with Gasteiger partial charge in [0.1, 0.15) is 5.75 Å². The Morgan fingerprint density at radius 1 is 1.42 bits per heavy atom. The van der Waals surface area contributed by atoms with Crippen LogP contribution >= 0.6 is 11.3 Å². The Kier molecular flexibility index (Phi) is 3.63. The lowest BCUT2D eigenvalue weighted by Gasteiger charge is -2.09. The summed E-state index contributed by atoms with van der Waals surface area (Å²) in [6, 6.07) is 4.68. The first-order valence-corrected chi connectivity index (χ1v) is 7.61. The molecule has 0 saturated heterocycles. The number of hydrogen-bond donors (Lipinski definition) is 2. The fourth-order valence-corrected chi connectivity index (χ4v) is 3.60. The van der Waals surface area contributed by atoms with E-state index in [0.717, 1.165) is 11.3 Å². The molecular weight excluding hydrogens is 286 g/mol. The number of ether oxygens (including phenoxy) is 1. The number of sulfonamides is 1. The number of rotatable bonds is 4. The molecule has 1 heterocycles. The van der Waals surface area contributed by atoms with E-state index in [1.165, 1.54) is 19.4 Å². The molecule has 0 amide bonds. The van der Waals surface area contributed by atoms with Crippen molar-refractivity contribution in [2.75, 3.05) is 17.6 Å². The molecule has 0 saturated carbocycles. The maximum absolute atomic E-state index is 12.1. The third kappa shape index (κ3) is 2.96. The fourth-order valence-electron chi connectivity index (χ4n) is 1.45. The lowest BCUT2D eigenvalue weighted by molar-refractivity contribution is 0.417. The molecule has 2 aromatic rings. The molecule has 0 spiro atoms. The van der Waals surface area contributed by atoms with Crippen molar-refractivity contribution >= 4 is 32.7 Å². The first kappa shape index (κ1) is 13.6. The smallest absolute Gasteiger partial charge is 0.273 e. The molecule has 1 aromatic heterocycles. The van der Waals surface area contributed by atoms with Gasteiger partial charge < -0.3 is 10.5 Å². The summed E-state index contributed by atoms with van der Waals surface area (Å²) >= 11 is 1.11. The van der Waals surface area contributed by atoms with Gasteiger partial charge >= 0.3 is 0 Å². The van der Waals surface area contributed by atoms with E-state index in [1.807, 2.05) is 0 Å². The van der Waals surface area contributed by atoms with E-state index in [0.29, 0.717) is 22.1 Å². The lowest BCUT2D eigenvalue weighted by Crippen LogP contribution is -2.11. The van der Waals surface area contributed by atoms with Gasteiger partial charge in [-0.2, -0.15) is 0 Å². The van der Waals surface area contributed by atoms with E-state index in [-0.39, 0.29) is 4.21 Å². The summed E-state index contributed by atoms with van der Waals surface area (Å²) in [5.74, 6) is 0.417. The average molecular weight is 299 g/mol. The maximum atomic E-state index is 12.1. The van der Waals surface area contributed by atoms with Crippen molar-refractivity contribution in [2.45, 2.75) is 11.1 Å². The zero-order chi connectivity index (χ0) is 14.0. The molecule has 0 atom stereocenters. The largest absolute Gasteiger partial charge is 0.495 e. The van der Waals surface area contributed by atoms with Crippen LogP contribution < -0.4 is 15.2 Å². The zero-order valence-electron chi connectivity index (χ0n) is 10.4. The molecule has 0 unspecified atom stereocenters. The van der Waals surface area contributed by atoms with Crippen molar-refractivity contribution in [3.05, 3.63) is 29.4 Å². The summed E-state index contributed by atoms with van der Waals surface area (Å²) in [6.45, 7) is 1.75. The molecule has 1 aromatic carbocycles. The van der Waals surface area contributed by atoms with Gasteiger partial charge in [-0.1, -0.05) is 0 Å². The third-order valence-corrected chi connectivity index (χ3v) is 5.11. The number of nitrogens with two attached hydrogens (primary N) is 1. The number of anilines is 2. The molecule has 8 heteroatoms. The van der Waals surface area contributed by atoms with Crippen molar-refractivity contribution < 1.29 is 13.2 Å². The molecule has 3 N–H and O–H groups in total. The number of thiazole rings is 1. The highest BCUT2D eigenvalue weighted by Crippen LogP contribution is 2.27. The normalized spacial score (nSPS) is 11.3. The first-order valence-electron chi connectivity index (χ1n) is 5.31. The van der Waals surface area contributed by atoms with E-state index < -0.39 is 10.0 Å². The van der Waals surface area contributed by atoms with Crippen LogP contribution in [0.4, 0.5) is 11.4 Å². The van der Waals surface area contributed by atoms with E-state index in [1.54, 1.807) is 19.1 Å². The molecule has 19 heavy (non-hydrogen) atoms. The van der Waals surface area contributed by atoms with Crippen LogP contribution in [0.15, 0.2) is 28.6 Å². The van der Waals surface area contributed by atoms with Gasteiger partial charge in [-0.3, -0.25) is 4.72 Å². The van der Waals surface area contributed by atoms with E-state index >= 15 is 0 Å². The van der Waals surface area contributed by atoms with Gasteiger partial charge in [0.15, 0.2) is 4.21 Å². The van der Waals surface area contributed by atoms with Gasteiger partial charge in [0.25, 0.3) is 10.0 Å². The summed E-state index contributed by atoms with van der Waals surface area (Å²) in [4.78, 5) is 3.93. The minimum atomic E-state index is -3.62. The molecule has 0 fully saturated rings. The minimum absolute atomic E-state index is 0.167. The Morgan fingerprint density at radius 3 is 2.74 bits per heavy atom. The van der Waals surface area contributed by atoms with Crippen LogP contribution in [-0.4, -0.2) is 20.5 Å². The number of methoxy groups -OCH3 is 1. The second-order valence-electron chi connectivity index (χ2n) is 3.76. The number of nitrogens with zero attached hydrogens (tertiary/aromatic N) is 1. The second kappa shape index (κ2) is 5.06. The fraction of sp³-hybridized carbons (Fsp3) is 0.182. The van der Waals surface area contributed by atoms with Gasteiger partial charge in [-0.05, 0) is 19.1 Å². The minimum Gasteiger partial charge on any atom is -0.495 e. The molecule has 0 bridgehead atoms. The molecule has 0 radical (unpaired) electrons. The number of nitrogen functional groups attached to an aromatic ring is 1. The Balaban J connectivity index is 2.30. The highest BCUT2D eigenvalue weighted by molar-refractivity contribution is 7.94. The monoisotopic (exact) mass is 299 g/mol. The van der Waals surface area contributed by atoms with Crippen LogP contribution in [0.3, 0.4) is 0 Å². The Labute approximate surface area is 115 Å². The van der Waals surface area contributed by atoms with Crippen LogP contribution in [0.2, 0.25) is 0 Å². The van der Waals surface area contributed by atoms with Gasteiger partial charge in [0.2, 0.25) is 0 Å². The summed E-state index contributed by atoms with van der Waals surface area (Å²) in [7, 11) is -2.15. The Bertz CT molecular complexity index is 695. The van der Waals surface area contributed by atoms with E-state index in [9.17, 15) is 8.42 Å². The van der Waals surface area contributed by atoms with Crippen LogP contribution in [0.25, 0.3) is 0 Å². The van der Waals surface area contributed by atoms with Gasteiger partial charge in [-0.25, -0.2) is 13.4 Å². The van der Waals surface area contributed by atoms with Crippen LogP contribution in [0, 0.1) is 6.92 Å². The number of aryl methyl sites for hydroxylation is 1. The molecular formula is C11H13N3O3S2. The van der Waals surface area contributed by atoms with Crippen molar-refractivity contribution in [2.24, 2.45) is 0 Å². The highest BCUT2D eigenvalue weighted by atomic mass is 32.2. The number of aromatic nitrogens is 1. The van der Waals surface area contributed by atoms with Crippen LogP contribution in [0.5, 0.6) is 5.75 Å². The van der Waals surface area contributed by atoms with Crippen molar-refractivity contribution in [3.63, 3.8) is 0 Å². The molecule has 0 aliphatic heterocycles. The Hall–Kier alpha value is -1.80. The summed E-state index contributed by atoms with van der Waals surface area (Å²) < 4.78 is 31.8. The van der Waals surface area contributed by atoms with Crippen molar-refractivity contribution in [1.29, 1.82) is 0 Å². The van der Waals surface area contributed by atoms with Gasteiger partial charge in [0.05, 0.1) is 29.7 Å². The average Bonchev–Trinajstić information content (AvgIpc) is 2.79. The molecule has 0 aliphatic rings. The maximum Gasteiger partial charge on any atom is 0.273 e. The summed E-state index contributed by atoms with van der Waals surface area (Å²) in [6.07, 6.45) is 1.33. The van der Waals surface area contributed by atoms with E-state index in [4.69, 9.17) is 10.5 Å². The zero-order valence-corrected chi connectivity index (χ0v) is 12.0. The van der Waals surface area contributed by atoms with Crippen molar-refractivity contribution in [3.8, 4) is 5.75 Å². The Morgan fingerprint density at radius 2 is 2.16 bits per heavy atom. The summed E-state index contributed by atoms with van der Waals surface area (Å²) in [5, 5.41) is 0.690. The third-order valence-electron chi connectivity index (χ3n) is 2.35. The number of nitrogens with one attached hydrogen (secondary N) is 1. The van der Waals surface area contributed by atoms with Crippen LogP contribution in [0.1, 0.15) is 5.01 Å². The molecule has 0 aliphatic carbocycles. The quantitative estimate of drug-likeness (QED) is 0.840. The molecule has 6 nitrogen and oxygen atoms in total. The second-order valence-corrected chi connectivity index (χ2v) is 6.90. The standard InChI is InChI=1S/C11H13N3O3S2/c1-7-13-6-11(18-7)19(15,16)14-8-3-4-9(12)10(5-8)17-2/h3-6,14H,12H2,1-2H3. The SMILES string of the molecule is COc1cc(NS(=O)(=O)c2cnc(C)s2)ccc1N. The molecule has 102 valence electrons. The first-order chi connectivity index (χ1) is 8.92. The molecule has 2 rings (SSSR count). The highest BCUT2D eigenvalue weighted by Gasteiger charge is 2.17. The number of hydrogen-bond acceptors (Lipinski definition) is 6. The predicted molar refractivity (Wildman–Crippen MR) is 75.1 cm³/mol. The number of benzene rings is 1. The lowest BCUT2D eigenvalue weighted by atomic mass is 10.3. The predicted octanol–water partition coefficient (Wildman–Crippen LogP) is 1.84. The van der Waals surface area contributed by atoms with Crippen LogP contribution in [-0.2, 0) is 10.0 Å². The van der Waals surface area contributed by atoms with E-state index in [2.05, 4.69) is 9.71 Å². The topological polar surface area (TPSA) is 94.3 Å². The van der Waals surface area contributed by atoms with Gasteiger partial charge in [-0.15, -0.1) is 11.3 Å². The van der Waals surface area contributed by atoms with Crippen molar-refractivity contribution in [1.82, 2.24) is 4.98 Å². The summed E-state index contributed by atoms with van der Waals surface area (Å²) in [5.41, 5.74) is 6.50. The van der Waals surface area contributed by atoms with Gasteiger partial charge in [0, 0.05) is 6.07 Å².